The van der Waals surface area contributed by atoms with E-state index in [-0.39, 0.29) is 24.2 Å². The maximum Gasteiger partial charge on any atom is 0.164 e. The molecule has 0 spiro atoms. The van der Waals surface area contributed by atoms with Crippen molar-refractivity contribution in [3.05, 3.63) is 206 Å². The third-order valence-electron chi connectivity index (χ3n) is 10.0. The summed E-state index contributed by atoms with van der Waals surface area (Å²) in [6.07, 6.45) is 0. The highest BCUT2D eigenvalue weighted by molar-refractivity contribution is 6.10. The van der Waals surface area contributed by atoms with Crippen LogP contribution in [0.2, 0.25) is 0 Å². The van der Waals surface area contributed by atoms with Crippen molar-refractivity contribution >= 4 is 21.8 Å². The minimum atomic E-state index is -0.263. The third-order valence-corrected chi connectivity index (χ3v) is 10.0. The number of para-hydroxylation sites is 1. The fourth-order valence-corrected chi connectivity index (χ4v) is 7.23. The van der Waals surface area contributed by atoms with Crippen LogP contribution in [0.4, 0.5) is 0 Å². The fraction of sp³-hybridized carbons (Fsp3) is 0. The van der Waals surface area contributed by atoms with Crippen LogP contribution in [0.25, 0.3) is 95.0 Å². The molecule has 258 valence electrons. The maximum absolute atomic E-state index is 9.07. The molecule has 0 atom stereocenters. The highest BCUT2D eigenvalue weighted by Crippen LogP contribution is 2.36. The number of hydrogen-bond acceptors (Lipinski definition) is 3. The van der Waals surface area contributed by atoms with Crippen LogP contribution in [-0.4, -0.2) is 19.5 Å². The highest BCUT2D eigenvalue weighted by Gasteiger charge is 2.15. The van der Waals surface area contributed by atoms with E-state index < -0.39 is 0 Å². The Bertz CT molecular complexity index is 3110. The van der Waals surface area contributed by atoms with Gasteiger partial charge in [-0.05, 0) is 63.7 Å². The Morgan fingerprint density at radius 3 is 1.38 bits per heavy atom. The van der Waals surface area contributed by atoms with E-state index in [9.17, 15) is 0 Å². The normalized spacial score (nSPS) is 12.3. The van der Waals surface area contributed by atoms with Crippen molar-refractivity contribution in [2.24, 2.45) is 0 Å². The second kappa shape index (κ2) is 13.8. The zero-order valence-electron chi connectivity index (χ0n) is 33.6. The van der Waals surface area contributed by atoms with Gasteiger partial charge in [-0.2, -0.15) is 0 Å². The molecule has 10 rings (SSSR count). The van der Waals surface area contributed by atoms with Gasteiger partial charge in [-0.15, -0.1) is 0 Å². The van der Waals surface area contributed by atoms with Crippen molar-refractivity contribution in [3.63, 3.8) is 0 Å². The molecule has 0 radical (unpaired) electrons. The molecule has 0 bridgehead atoms. The van der Waals surface area contributed by atoms with Crippen molar-refractivity contribution in [1.29, 1.82) is 0 Å². The largest absolute Gasteiger partial charge is 0.309 e. The monoisotopic (exact) mass is 706 g/mol. The van der Waals surface area contributed by atoms with Gasteiger partial charge in [0.2, 0.25) is 0 Å². The Kier molecular flexibility index (Phi) is 7.08. The lowest BCUT2D eigenvalue weighted by Crippen LogP contribution is -2.00. The van der Waals surface area contributed by atoms with Crippen molar-refractivity contribution < 1.29 is 5.48 Å². The molecular formula is C51H34N4. The summed E-state index contributed by atoms with van der Waals surface area (Å²) in [6.45, 7) is 0. The van der Waals surface area contributed by atoms with Gasteiger partial charge in [0, 0.05) is 33.2 Å². The molecule has 0 aliphatic heterocycles. The van der Waals surface area contributed by atoms with E-state index in [1.165, 1.54) is 0 Å². The third kappa shape index (κ3) is 6.16. The molecule has 2 aromatic heterocycles. The average Bonchev–Trinajstić information content (AvgIpc) is 3.66. The van der Waals surface area contributed by atoms with E-state index >= 15 is 0 Å². The van der Waals surface area contributed by atoms with Crippen LogP contribution in [0.1, 0.15) is 5.48 Å². The number of hydrogen-bond donors (Lipinski definition) is 0. The standard InChI is InChI=1S/C51H34N4/c1-4-13-35(14-5-1)36-23-25-37(26-24-36)42-29-32-46-45-21-10-11-22-47(45)55(48(46)34-42)44-30-27-38(28-31-44)41-19-12-20-43(33-41)51-53-49(39-15-6-2-7-16-39)52-50(54-51)40-17-8-3-9-18-40/h1-34H/i10D,11D,21D,22D. The zero-order chi connectivity index (χ0) is 40.0. The average molecular weight is 707 g/mol. The number of rotatable bonds is 7. The van der Waals surface area contributed by atoms with E-state index in [0.29, 0.717) is 28.4 Å². The number of benzene rings is 8. The molecule has 0 fully saturated rings. The minimum Gasteiger partial charge on any atom is -0.309 e. The van der Waals surface area contributed by atoms with Crippen LogP contribution in [0.15, 0.2) is 206 Å². The number of fused-ring (bicyclic) bond motifs is 3. The maximum atomic E-state index is 9.07. The number of nitrogens with zero attached hydrogens (tertiary/aromatic N) is 4. The predicted octanol–water partition coefficient (Wildman–Crippen LogP) is 13.0. The molecule has 8 aromatic carbocycles. The van der Waals surface area contributed by atoms with Crippen molar-refractivity contribution in [2.75, 3.05) is 0 Å². The second-order valence-corrected chi connectivity index (χ2v) is 13.4. The Morgan fingerprint density at radius 2 is 0.764 bits per heavy atom. The van der Waals surface area contributed by atoms with Gasteiger partial charge in [-0.25, -0.2) is 15.0 Å². The van der Waals surface area contributed by atoms with Gasteiger partial charge < -0.3 is 4.57 Å². The summed E-state index contributed by atoms with van der Waals surface area (Å²) in [5.41, 5.74) is 10.9. The molecule has 55 heavy (non-hydrogen) atoms. The first-order chi connectivity index (χ1) is 28.9. The first-order valence-corrected chi connectivity index (χ1v) is 18.2. The Hall–Kier alpha value is -7.43. The van der Waals surface area contributed by atoms with Gasteiger partial charge in [0.1, 0.15) is 0 Å². The predicted molar refractivity (Wildman–Crippen MR) is 227 cm³/mol. The van der Waals surface area contributed by atoms with Crippen molar-refractivity contribution in [1.82, 2.24) is 19.5 Å². The van der Waals surface area contributed by atoms with Gasteiger partial charge >= 0.3 is 0 Å². The Balaban J connectivity index is 1.06. The topological polar surface area (TPSA) is 43.6 Å². The van der Waals surface area contributed by atoms with Crippen LogP contribution in [0.3, 0.4) is 0 Å². The molecule has 0 N–H and O–H groups in total. The summed E-state index contributed by atoms with van der Waals surface area (Å²) in [6, 6.07) is 60.3. The van der Waals surface area contributed by atoms with Crippen LogP contribution >= 0.6 is 0 Å². The number of aromatic nitrogens is 4. The smallest absolute Gasteiger partial charge is 0.164 e. The first-order valence-electron chi connectivity index (χ1n) is 20.2. The summed E-state index contributed by atoms with van der Waals surface area (Å²) in [5, 5.41) is 1.26. The molecule has 4 nitrogen and oxygen atoms in total. The SMILES string of the molecule is [2H]c1c([2H])c([2H])c2c(c1[2H])c1ccc(-c3ccc(-c4ccccc4)cc3)cc1n2-c1ccc(-c2cccc(-c3nc(-c4ccccc4)nc(-c4ccccc4)n3)c2)cc1. The lowest BCUT2D eigenvalue weighted by molar-refractivity contribution is 1.07. The summed E-state index contributed by atoms with van der Waals surface area (Å²) in [5.74, 6) is 1.77. The second-order valence-electron chi connectivity index (χ2n) is 13.4. The molecule has 0 saturated carbocycles. The quantitative estimate of drug-likeness (QED) is 0.166. The lowest BCUT2D eigenvalue weighted by Gasteiger charge is -2.12. The molecule has 0 saturated heterocycles. The van der Waals surface area contributed by atoms with E-state index in [0.717, 1.165) is 66.7 Å². The molecule has 2 heterocycles. The zero-order valence-corrected chi connectivity index (χ0v) is 29.6. The Labute approximate surface area is 325 Å². The first kappa shape index (κ1) is 28.1. The molecule has 0 aliphatic carbocycles. The molecule has 0 amide bonds. The van der Waals surface area contributed by atoms with Gasteiger partial charge in [-0.1, -0.05) is 176 Å². The Morgan fingerprint density at radius 1 is 0.327 bits per heavy atom. The van der Waals surface area contributed by atoms with Crippen LogP contribution < -0.4 is 0 Å². The fourth-order valence-electron chi connectivity index (χ4n) is 7.23. The van der Waals surface area contributed by atoms with Crippen LogP contribution in [0, 0.1) is 0 Å². The molecule has 0 unspecified atom stereocenters. The van der Waals surface area contributed by atoms with Gasteiger partial charge in [0.05, 0.1) is 16.5 Å². The summed E-state index contributed by atoms with van der Waals surface area (Å²) >= 11 is 0. The van der Waals surface area contributed by atoms with Crippen molar-refractivity contribution in [3.8, 4) is 73.2 Å². The van der Waals surface area contributed by atoms with Crippen molar-refractivity contribution in [2.45, 2.75) is 0 Å². The van der Waals surface area contributed by atoms with E-state index in [1.807, 2.05) is 132 Å². The van der Waals surface area contributed by atoms with Gasteiger partial charge in [-0.3, -0.25) is 0 Å². The van der Waals surface area contributed by atoms with Gasteiger partial charge in [0.25, 0.3) is 0 Å². The molecule has 4 heteroatoms. The van der Waals surface area contributed by atoms with E-state index in [1.54, 1.807) is 0 Å². The molecule has 10 aromatic rings. The van der Waals surface area contributed by atoms with E-state index in [4.69, 9.17) is 20.4 Å². The summed E-state index contributed by atoms with van der Waals surface area (Å²) < 4.78 is 37.1. The molecule has 0 aliphatic rings. The van der Waals surface area contributed by atoms with Gasteiger partial charge in [0.15, 0.2) is 17.5 Å². The van der Waals surface area contributed by atoms with E-state index in [2.05, 4.69) is 54.6 Å². The molecular weight excluding hydrogens is 669 g/mol. The summed E-state index contributed by atoms with van der Waals surface area (Å²) in [4.78, 5) is 14.7. The van der Waals surface area contributed by atoms with Crippen LogP contribution in [0.5, 0.6) is 0 Å². The summed E-state index contributed by atoms with van der Waals surface area (Å²) in [7, 11) is 0. The minimum absolute atomic E-state index is 0.0534. The lowest BCUT2D eigenvalue weighted by atomic mass is 9.99. The highest BCUT2D eigenvalue weighted by atomic mass is 15.0. The van der Waals surface area contributed by atoms with Crippen LogP contribution in [-0.2, 0) is 0 Å².